The van der Waals surface area contributed by atoms with Crippen molar-refractivity contribution in [3.8, 4) is 17.0 Å². The van der Waals surface area contributed by atoms with Crippen molar-refractivity contribution in [2.45, 2.75) is 26.9 Å². The number of thiophene rings is 1. The first-order valence-electron chi connectivity index (χ1n) is 9.28. The number of aliphatic imine (C=N–C) groups is 1. The van der Waals surface area contributed by atoms with Crippen LogP contribution in [0.1, 0.15) is 31.2 Å². The van der Waals surface area contributed by atoms with E-state index in [0.29, 0.717) is 17.1 Å². The predicted molar refractivity (Wildman–Crippen MR) is 114 cm³/mol. The maximum Gasteiger partial charge on any atom is 0.222 e. The van der Waals surface area contributed by atoms with Crippen LogP contribution >= 0.6 is 11.3 Å². The van der Waals surface area contributed by atoms with Gasteiger partial charge in [-0.05, 0) is 66.9 Å². The third-order valence-electron chi connectivity index (χ3n) is 4.52. The number of pyridine rings is 1. The van der Waals surface area contributed by atoms with Gasteiger partial charge in [0.1, 0.15) is 17.7 Å². The molecule has 4 nitrogen and oxygen atoms in total. The highest BCUT2D eigenvalue weighted by atomic mass is 32.1. The average Bonchev–Trinajstić information content (AvgIpc) is 3.20. The van der Waals surface area contributed by atoms with E-state index in [9.17, 15) is 8.78 Å². The molecule has 0 saturated carbocycles. The summed E-state index contributed by atoms with van der Waals surface area (Å²) in [6, 6.07) is 7.28. The summed E-state index contributed by atoms with van der Waals surface area (Å²) in [7, 11) is 1.95. The van der Waals surface area contributed by atoms with Crippen LogP contribution in [0.15, 0.2) is 46.1 Å². The lowest BCUT2D eigenvalue weighted by Crippen LogP contribution is -2.14. The van der Waals surface area contributed by atoms with Crippen molar-refractivity contribution >= 4 is 23.4 Å². The van der Waals surface area contributed by atoms with Crippen molar-refractivity contribution in [2.24, 2.45) is 4.99 Å². The molecular formula is C22H23F2N3OS. The van der Waals surface area contributed by atoms with Gasteiger partial charge in [-0.2, -0.15) is 11.3 Å². The number of nitrogens with zero attached hydrogens (tertiary/aromatic N) is 3. The van der Waals surface area contributed by atoms with E-state index >= 15 is 0 Å². The minimum atomic E-state index is -0.637. The Balaban J connectivity index is 1.99. The van der Waals surface area contributed by atoms with Crippen LogP contribution in [0.5, 0.6) is 5.88 Å². The molecule has 0 aliphatic heterocycles. The summed E-state index contributed by atoms with van der Waals surface area (Å²) < 4.78 is 33.2. The molecule has 0 N–H and O–H groups in total. The van der Waals surface area contributed by atoms with E-state index in [-0.39, 0.29) is 0 Å². The fourth-order valence-corrected chi connectivity index (χ4v) is 3.36. The number of rotatable bonds is 7. The zero-order valence-electron chi connectivity index (χ0n) is 16.8. The van der Waals surface area contributed by atoms with Gasteiger partial charge in [-0.25, -0.2) is 18.8 Å². The Hall–Kier alpha value is -2.80. The fourth-order valence-electron chi connectivity index (χ4n) is 2.71. The molecule has 0 aliphatic rings. The smallest absolute Gasteiger partial charge is 0.222 e. The molecule has 2 heterocycles. The topological polar surface area (TPSA) is 37.7 Å². The molecule has 0 spiro atoms. The molecule has 0 fully saturated rings. The van der Waals surface area contributed by atoms with Gasteiger partial charge in [0.25, 0.3) is 0 Å². The number of hydrogen-bond acceptors (Lipinski definition) is 4. The molecule has 29 heavy (non-hydrogen) atoms. The lowest BCUT2D eigenvalue weighted by Gasteiger charge is -2.18. The summed E-state index contributed by atoms with van der Waals surface area (Å²) >= 11 is 1.57. The predicted octanol–water partition coefficient (Wildman–Crippen LogP) is 6.15. The van der Waals surface area contributed by atoms with Crippen LogP contribution in [0.2, 0.25) is 0 Å². The molecule has 7 heteroatoms. The molecule has 0 amide bonds. The first-order chi connectivity index (χ1) is 13.9. The van der Waals surface area contributed by atoms with Gasteiger partial charge in [0, 0.05) is 25.2 Å². The Morgan fingerprint density at radius 3 is 2.59 bits per heavy atom. The van der Waals surface area contributed by atoms with E-state index in [4.69, 9.17) is 4.74 Å². The molecule has 0 bridgehead atoms. The van der Waals surface area contributed by atoms with Gasteiger partial charge in [-0.1, -0.05) is 0 Å². The highest BCUT2D eigenvalue weighted by Gasteiger charge is 2.17. The highest BCUT2D eigenvalue weighted by molar-refractivity contribution is 7.08. The normalized spacial score (nSPS) is 12.3. The summed E-state index contributed by atoms with van der Waals surface area (Å²) in [5, 5.41) is 3.97. The molecule has 2 aromatic heterocycles. The van der Waals surface area contributed by atoms with Crippen molar-refractivity contribution in [1.29, 1.82) is 0 Å². The van der Waals surface area contributed by atoms with E-state index < -0.39 is 17.7 Å². The molecule has 1 unspecified atom stereocenters. The minimum absolute atomic E-state index is 0.404. The number of ether oxygens (including phenoxy) is 1. The Morgan fingerprint density at radius 2 is 1.97 bits per heavy atom. The van der Waals surface area contributed by atoms with Crippen LogP contribution in [-0.2, 0) is 0 Å². The number of aromatic nitrogens is 1. The molecule has 0 saturated heterocycles. The molecule has 1 atom stereocenters. The molecular weight excluding hydrogens is 392 g/mol. The van der Waals surface area contributed by atoms with Crippen LogP contribution in [0, 0.1) is 18.6 Å². The van der Waals surface area contributed by atoms with Crippen LogP contribution in [-0.4, -0.2) is 29.8 Å². The lowest BCUT2D eigenvalue weighted by molar-refractivity contribution is 0.217. The second kappa shape index (κ2) is 9.13. The van der Waals surface area contributed by atoms with Gasteiger partial charge >= 0.3 is 0 Å². The second-order valence-electron chi connectivity index (χ2n) is 6.74. The van der Waals surface area contributed by atoms with E-state index in [2.05, 4.69) is 9.98 Å². The summed E-state index contributed by atoms with van der Waals surface area (Å²) in [6.07, 6.45) is 1.19. The van der Waals surface area contributed by atoms with Crippen molar-refractivity contribution in [1.82, 2.24) is 9.88 Å². The number of aryl methyl sites for hydroxylation is 1. The molecule has 0 radical (unpaired) electrons. The second-order valence-corrected chi connectivity index (χ2v) is 7.52. The van der Waals surface area contributed by atoms with Crippen molar-refractivity contribution in [3.05, 3.63) is 64.0 Å². The maximum atomic E-state index is 13.6. The maximum absolute atomic E-state index is 13.6. The van der Waals surface area contributed by atoms with Crippen molar-refractivity contribution in [2.75, 3.05) is 13.6 Å². The molecule has 3 rings (SSSR count). The Labute approximate surface area is 173 Å². The number of benzene rings is 1. The zero-order valence-corrected chi connectivity index (χ0v) is 17.6. The summed E-state index contributed by atoms with van der Waals surface area (Å²) in [4.78, 5) is 11.1. The zero-order chi connectivity index (χ0) is 21.0. The first kappa shape index (κ1) is 20.9. The van der Waals surface area contributed by atoms with Crippen LogP contribution in [0.3, 0.4) is 0 Å². The Bertz CT molecular complexity index is 985. The Kier molecular flexibility index (Phi) is 6.59. The quantitative estimate of drug-likeness (QED) is 0.343. The number of halogens is 2. The average molecular weight is 416 g/mol. The van der Waals surface area contributed by atoms with Gasteiger partial charge < -0.3 is 9.64 Å². The van der Waals surface area contributed by atoms with Gasteiger partial charge in [-0.3, -0.25) is 0 Å². The lowest BCUT2D eigenvalue weighted by atomic mass is 10.1. The summed E-state index contributed by atoms with van der Waals surface area (Å²) in [5.41, 5.74) is 3.59. The van der Waals surface area contributed by atoms with Crippen molar-refractivity contribution in [3.63, 3.8) is 0 Å². The number of hydrogen-bond donors (Lipinski definition) is 0. The van der Waals surface area contributed by atoms with Crippen LogP contribution in [0.25, 0.3) is 11.1 Å². The largest absolute Gasteiger partial charge is 0.469 e. The van der Waals surface area contributed by atoms with Crippen molar-refractivity contribution < 1.29 is 13.5 Å². The summed E-state index contributed by atoms with van der Waals surface area (Å²) in [5.74, 6) is -0.870. The molecule has 3 aromatic rings. The van der Waals surface area contributed by atoms with E-state index in [1.807, 2.05) is 48.7 Å². The third-order valence-corrected chi connectivity index (χ3v) is 5.20. The van der Waals surface area contributed by atoms with E-state index in [1.54, 1.807) is 24.6 Å². The minimum Gasteiger partial charge on any atom is -0.469 e. The third kappa shape index (κ3) is 5.17. The fraction of sp³-hybridized carbons (Fsp3) is 0.273. The first-order valence-corrected chi connectivity index (χ1v) is 10.2. The van der Waals surface area contributed by atoms with Gasteiger partial charge in [0.2, 0.25) is 5.88 Å². The molecule has 152 valence electrons. The van der Waals surface area contributed by atoms with Gasteiger partial charge in [0.15, 0.2) is 0 Å². The Morgan fingerprint density at radius 1 is 1.24 bits per heavy atom. The van der Waals surface area contributed by atoms with Gasteiger partial charge in [-0.15, -0.1) is 0 Å². The molecule has 0 aliphatic carbocycles. The molecule has 1 aromatic carbocycles. The monoisotopic (exact) mass is 415 g/mol. The van der Waals surface area contributed by atoms with Crippen LogP contribution in [0.4, 0.5) is 14.5 Å². The van der Waals surface area contributed by atoms with Gasteiger partial charge in [0.05, 0.1) is 17.7 Å². The van der Waals surface area contributed by atoms with Crippen LogP contribution < -0.4 is 4.74 Å². The SMILES string of the molecule is CCN(C)/C=N/c1cc(-c2ccsc2)c(OC(C)c2cc(F)cc(F)c2)nc1C. The summed E-state index contributed by atoms with van der Waals surface area (Å²) in [6.45, 7) is 6.48. The highest BCUT2D eigenvalue weighted by Crippen LogP contribution is 2.36. The van der Waals surface area contributed by atoms with E-state index in [0.717, 1.165) is 29.4 Å². The van der Waals surface area contributed by atoms with E-state index in [1.165, 1.54) is 12.1 Å². The standard InChI is InChI=1S/C22H23F2N3OS/c1-5-27(4)13-25-21-11-20(16-6-7-29-12-16)22(26-14(21)2)28-15(3)17-8-18(23)10-19(24)9-17/h6-13,15H,5H2,1-4H3/b25-13+.